The summed E-state index contributed by atoms with van der Waals surface area (Å²) < 4.78 is 20.8. The molecule has 2 aromatic carbocycles. The van der Waals surface area contributed by atoms with Gasteiger partial charge in [-0.15, -0.1) is 0 Å². The van der Waals surface area contributed by atoms with E-state index in [0.29, 0.717) is 4.80 Å². The Morgan fingerprint density at radius 2 is 1.89 bits per heavy atom. The van der Waals surface area contributed by atoms with Crippen LogP contribution in [0.15, 0.2) is 41.4 Å². The Kier molecular flexibility index (Phi) is 5.51. The molecule has 1 aromatic heterocycles. The molecule has 1 amide bonds. The molecule has 1 heterocycles. The van der Waals surface area contributed by atoms with E-state index < -0.39 is 17.7 Å². The number of carbonyl (C=O) groups excluding carboxylic acids is 2. The van der Waals surface area contributed by atoms with Crippen molar-refractivity contribution in [2.75, 3.05) is 6.61 Å². The van der Waals surface area contributed by atoms with E-state index in [1.54, 1.807) is 11.5 Å². The van der Waals surface area contributed by atoms with Gasteiger partial charge in [0.05, 0.1) is 16.8 Å². The first-order valence-electron chi connectivity index (χ1n) is 8.50. The second kappa shape index (κ2) is 7.84. The van der Waals surface area contributed by atoms with Gasteiger partial charge in [-0.2, -0.15) is 4.99 Å². The molecule has 3 rings (SSSR count). The topological polar surface area (TPSA) is 60.7 Å². The molecular weight excluding hydrogens is 367 g/mol. The van der Waals surface area contributed by atoms with Crippen LogP contribution >= 0.6 is 11.3 Å². The monoisotopic (exact) mass is 386 g/mol. The third-order valence-electron chi connectivity index (χ3n) is 4.00. The molecule has 140 valence electrons. The second-order valence-electron chi connectivity index (χ2n) is 6.13. The quantitative estimate of drug-likeness (QED) is 0.642. The van der Waals surface area contributed by atoms with Gasteiger partial charge in [-0.1, -0.05) is 17.4 Å². The van der Waals surface area contributed by atoms with Crippen LogP contribution in [0.1, 0.15) is 28.4 Å². The van der Waals surface area contributed by atoms with Crippen LogP contribution in [0.3, 0.4) is 0 Å². The lowest BCUT2D eigenvalue weighted by Gasteiger charge is -2.06. The highest BCUT2D eigenvalue weighted by Gasteiger charge is 2.14. The average Bonchev–Trinajstić information content (AvgIpc) is 2.93. The molecule has 0 saturated carbocycles. The molecule has 0 saturated heterocycles. The number of carbonyl (C=O) groups is 2. The van der Waals surface area contributed by atoms with Gasteiger partial charge in [-0.25, -0.2) is 4.39 Å². The lowest BCUT2D eigenvalue weighted by atomic mass is 10.1. The standard InChI is InChI=1S/C20H19FN2O3S/c1-4-26-17(24)11-23-16-10-12(2)9-13(3)18(16)27-20(23)22-19(25)14-5-7-15(21)8-6-14/h5-10H,4,11H2,1-3H3. The molecule has 0 aliphatic heterocycles. The highest BCUT2D eigenvalue weighted by molar-refractivity contribution is 7.16. The number of aromatic nitrogens is 1. The summed E-state index contributed by atoms with van der Waals surface area (Å²) in [7, 11) is 0. The first-order chi connectivity index (χ1) is 12.9. The molecule has 0 unspecified atom stereocenters. The lowest BCUT2D eigenvalue weighted by molar-refractivity contribution is -0.143. The van der Waals surface area contributed by atoms with Crippen LogP contribution in [0.4, 0.5) is 4.39 Å². The van der Waals surface area contributed by atoms with Gasteiger partial charge in [-0.3, -0.25) is 9.59 Å². The van der Waals surface area contributed by atoms with E-state index >= 15 is 0 Å². The van der Waals surface area contributed by atoms with Gasteiger partial charge >= 0.3 is 5.97 Å². The Balaban J connectivity index is 2.15. The molecule has 0 fully saturated rings. The number of hydrogen-bond donors (Lipinski definition) is 0. The van der Waals surface area contributed by atoms with Gasteiger partial charge in [0.25, 0.3) is 5.91 Å². The minimum atomic E-state index is -0.492. The van der Waals surface area contributed by atoms with Gasteiger partial charge in [0, 0.05) is 5.56 Å². The summed E-state index contributed by atoms with van der Waals surface area (Å²) in [6, 6.07) is 9.21. The van der Waals surface area contributed by atoms with Crippen LogP contribution < -0.4 is 4.80 Å². The van der Waals surface area contributed by atoms with E-state index in [0.717, 1.165) is 21.3 Å². The molecule has 0 atom stereocenters. The number of rotatable bonds is 4. The first-order valence-corrected chi connectivity index (χ1v) is 9.31. The minimum absolute atomic E-state index is 0.0355. The molecule has 3 aromatic rings. The maximum absolute atomic E-state index is 13.1. The maximum Gasteiger partial charge on any atom is 0.326 e. The molecule has 27 heavy (non-hydrogen) atoms. The van der Waals surface area contributed by atoms with Gasteiger partial charge in [-0.05, 0) is 62.2 Å². The van der Waals surface area contributed by atoms with Gasteiger partial charge in [0.15, 0.2) is 4.80 Å². The zero-order valence-electron chi connectivity index (χ0n) is 15.3. The maximum atomic E-state index is 13.1. The number of thiazole rings is 1. The normalized spacial score (nSPS) is 11.8. The number of esters is 1. The van der Waals surface area contributed by atoms with E-state index in [1.807, 2.05) is 26.0 Å². The summed E-state index contributed by atoms with van der Waals surface area (Å²) in [5, 5.41) is 0. The largest absolute Gasteiger partial charge is 0.465 e. The van der Waals surface area contributed by atoms with Gasteiger partial charge in [0.1, 0.15) is 12.4 Å². The Morgan fingerprint density at radius 1 is 1.19 bits per heavy atom. The van der Waals surface area contributed by atoms with Crippen molar-refractivity contribution in [3.8, 4) is 0 Å². The summed E-state index contributed by atoms with van der Waals surface area (Å²) in [6.07, 6.45) is 0. The minimum Gasteiger partial charge on any atom is -0.465 e. The SMILES string of the molecule is CCOC(=O)Cn1c(=NC(=O)c2ccc(F)cc2)sc2c(C)cc(C)cc21. The average molecular weight is 386 g/mol. The van der Waals surface area contributed by atoms with Gasteiger partial charge in [0.2, 0.25) is 0 Å². The number of amides is 1. The summed E-state index contributed by atoms with van der Waals surface area (Å²) in [4.78, 5) is 29.2. The fourth-order valence-electron chi connectivity index (χ4n) is 2.83. The molecule has 0 radical (unpaired) electrons. The van der Waals surface area contributed by atoms with Crippen LogP contribution in [0.25, 0.3) is 10.2 Å². The Hall–Kier alpha value is -2.80. The molecule has 5 nitrogen and oxygen atoms in total. The zero-order valence-corrected chi connectivity index (χ0v) is 16.1. The fourth-order valence-corrected chi connectivity index (χ4v) is 3.91. The van der Waals surface area contributed by atoms with Gasteiger partial charge < -0.3 is 9.30 Å². The Morgan fingerprint density at radius 3 is 2.56 bits per heavy atom. The Bertz CT molecular complexity index is 1080. The summed E-state index contributed by atoms with van der Waals surface area (Å²) in [6.45, 7) is 5.93. The number of ether oxygens (including phenoxy) is 1. The summed E-state index contributed by atoms with van der Waals surface area (Å²) in [5.41, 5.74) is 3.20. The predicted molar refractivity (Wildman–Crippen MR) is 102 cm³/mol. The third kappa shape index (κ3) is 4.14. The molecule has 0 spiro atoms. The third-order valence-corrected chi connectivity index (χ3v) is 5.22. The number of halogens is 1. The van der Waals surface area contributed by atoms with Crippen molar-refractivity contribution >= 4 is 33.4 Å². The van der Waals surface area contributed by atoms with E-state index in [1.165, 1.54) is 35.6 Å². The molecular formula is C20H19FN2O3S. The smallest absolute Gasteiger partial charge is 0.326 e. The van der Waals surface area contributed by atoms with Crippen LogP contribution in [-0.4, -0.2) is 23.1 Å². The van der Waals surface area contributed by atoms with Crippen molar-refractivity contribution < 1.29 is 18.7 Å². The predicted octanol–water partition coefficient (Wildman–Crippen LogP) is 3.76. The number of fused-ring (bicyclic) bond motifs is 1. The van der Waals surface area contributed by atoms with Crippen molar-refractivity contribution in [2.45, 2.75) is 27.3 Å². The number of benzene rings is 2. The number of nitrogens with zero attached hydrogens (tertiary/aromatic N) is 2. The highest BCUT2D eigenvalue weighted by Crippen LogP contribution is 2.23. The van der Waals surface area contributed by atoms with Crippen molar-refractivity contribution in [1.82, 2.24) is 4.57 Å². The molecule has 0 N–H and O–H groups in total. The van der Waals surface area contributed by atoms with Crippen molar-refractivity contribution in [3.05, 3.63) is 63.7 Å². The molecule has 7 heteroatoms. The van der Waals surface area contributed by atoms with Crippen LogP contribution in [0, 0.1) is 19.7 Å². The van der Waals surface area contributed by atoms with Crippen molar-refractivity contribution in [2.24, 2.45) is 4.99 Å². The fraction of sp³-hybridized carbons (Fsp3) is 0.250. The van der Waals surface area contributed by atoms with E-state index in [2.05, 4.69) is 4.99 Å². The first kappa shape index (κ1) is 19.0. The Labute approximate surface area is 159 Å². The van der Waals surface area contributed by atoms with E-state index in [4.69, 9.17) is 4.74 Å². The second-order valence-corrected chi connectivity index (χ2v) is 7.11. The van der Waals surface area contributed by atoms with Crippen molar-refractivity contribution in [1.29, 1.82) is 0 Å². The molecule has 0 aliphatic rings. The van der Waals surface area contributed by atoms with Crippen LogP contribution in [0.2, 0.25) is 0 Å². The number of aryl methyl sites for hydroxylation is 2. The highest BCUT2D eigenvalue weighted by atomic mass is 32.1. The van der Waals surface area contributed by atoms with E-state index in [-0.39, 0.29) is 18.7 Å². The number of hydrogen-bond acceptors (Lipinski definition) is 4. The van der Waals surface area contributed by atoms with Crippen LogP contribution in [0.5, 0.6) is 0 Å². The van der Waals surface area contributed by atoms with Crippen LogP contribution in [-0.2, 0) is 16.1 Å². The lowest BCUT2D eigenvalue weighted by Crippen LogP contribution is -2.23. The molecule has 0 aliphatic carbocycles. The van der Waals surface area contributed by atoms with Crippen molar-refractivity contribution in [3.63, 3.8) is 0 Å². The molecule has 0 bridgehead atoms. The van der Waals surface area contributed by atoms with E-state index in [9.17, 15) is 14.0 Å². The zero-order chi connectivity index (χ0) is 19.6. The summed E-state index contributed by atoms with van der Waals surface area (Å²) in [5.74, 6) is -1.31. The summed E-state index contributed by atoms with van der Waals surface area (Å²) >= 11 is 1.34.